The average Bonchev–Trinajstić information content (AvgIpc) is 3.30. The number of amides is 2. The molecule has 0 saturated heterocycles. The van der Waals surface area contributed by atoms with Gasteiger partial charge in [0.15, 0.2) is 0 Å². The van der Waals surface area contributed by atoms with Crippen molar-refractivity contribution in [3.63, 3.8) is 0 Å². The Kier molecular flexibility index (Phi) is 5.26. The second-order valence-electron chi connectivity index (χ2n) is 6.95. The lowest BCUT2D eigenvalue weighted by Crippen LogP contribution is -2.32. The summed E-state index contributed by atoms with van der Waals surface area (Å²) in [6.45, 7) is 4.11. The molecule has 146 valence electrons. The molecule has 1 aromatic heterocycles. The number of aryl methyl sites for hydroxylation is 1. The van der Waals surface area contributed by atoms with E-state index < -0.39 is 0 Å². The van der Waals surface area contributed by atoms with Crippen molar-refractivity contribution in [2.45, 2.75) is 20.4 Å². The van der Waals surface area contributed by atoms with Crippen LogP contribution in [0.15, 0.2) is 65.7 Å². The molecule has 0 saturated carbocycles. The molecule has 1 aliphatic heterocycles. The van der Waals surface area contributed by atoms with Crippen molar-refractivity contribution in [1.82, 2.24) is 4.90 Å². The zero-order valence-electron chi connectivity index (χ0n) is 16.0. The first-order chi connectivity index (χ1) is 14.0. The Hall–Kier alpha value is -2.89. The van der Waals surface area contributed by atoms with E-state index in [2.05, 4.69) is 5.32 Å². The minimum Gasteiger partial charge on any atom is -0.350 e. The summed E-state index contributed by atoms with van der Waals surface area (Å²) in [6, 6.07) is 17.0. The van der Waals surface area contributed by atoms with Gasteiger partial charge in [-0.2, -0.15) is 0 Å². The van der Waals surface area contributed by atoms with Crippen LogP contribution in [0.4, 0.5) is 5.69 Å². The summed E-state index contributed by atoms with van der Waals surface area (Å²) >= 11 is 7.67. The van der Waals surface area contributed by atoms with Crippen LogP contribution in [0.3, 0.4) is 0 Å². The van der Waals surface area contributed by atoms with E-state index in [1.165, 1.54) is 16.2 Å². The third-order valence-electron chi connectivity index (χ3n) is 4.92. The number of thiophene rings is 1. The molecular formula is C23H19ClN2O2S. The van der Waals surface area contributed by atoms with Gasteiger partial charge < -0.3 is 5.32 Å². The monoisotopic (exact) mass is 422 g/mol. The Morgan fingerprint density at radius 3 is 2.41 bits per heavy atom. The van der Waals surface area contributed by atoms with Gasteiger partial charge in [0, 0.05) is 15.6 Å². The zero-order chi connectivity index (χ0) is 20.5. The van der Waals surface area contributed by atoms with E-state index in [1.807, 2.05) is 67.8 Å². The molecule has 0 radical (unpaired) electrons. The highest BCUT2D eigenvalue weighted by Gasteiger charge is 2.39. The summed E-state index contributed by atoms with van der Waals surface area (Å²) in [7, 11) is 0. The lowest BCUT2D eigenvalue weighted by atomic mass is 10.1. The SMILES string of the molecule is Cc1ccc(CN2C(=O)C(Nc3cccc(Cl)c3C)=C(c3cccs3)C2=O)cc1. The van der Waals surface area contributed by atoms with Crippen LogP contribution in [-0.4, -0.2) is 16.7 Å². The summed E-state index contributed by atoms with van der Waals surface area (Å²) in [5.41, 5.74) is 4.25. The molecule has 6 heteroatoms. The zero-order valence-corrected chi connectivity index (χ0v) is 17.6. The largest absolute Gasteiger partial charge is 0.350 e. The van der Waals surface area contributed by atoms with Crippen molar-refractivity contribution in [3.8, 4) is 0 Å². The molecule has 0 fully saturated rings. The van der Waals surface area contributed by atoms with Crippen molar-refractivity contribution in [2.75, 3.05) is 5.32 Å². The molecule has 0 bridgehead atoms. The van der Waals surface area contributed by atoms with Gasteiger partial charge >= 0.3 is 0 Å². The quantitative estimate of drug-likeness (QED) is 0.559. The number of nitrogens with zero attached hydrogens (tertiary/aromatic N) is 1. The Morgan fingerprint density at radius 1 is 0.966 bits per heavy atom. The van der Waals surface area contributed by atoms with Crippen LogP contribution < -0.4 is 5.32 Å². The molecule has 0 spiro atoms. The van der Waals surface area contributed by atoms with E-state index in [-0.39, 0.29) is 24.1 Å². The van der Waals surface area contributed by atoms with Crippen LogP contribution in [0.5, 0.6) is 0 Å². The van der Waals surface area contributed by atoms with E-state index in [0.29, 0.717) is 16.3 Å². The number of hydrogen-bond acceptors (Lipinski definition) is 4. The number of hydrogen-bond donors (Lipinski definition) is 1. The minimum atomic E-state index is -0.335. The summed E-state index contributed by atoms with van der Waals surface area (Å²) in [4.78, 5) is 28.5. The molecule has 0 aliphatic carbocycles. The van der Waals surface area contributed by atoms with Crippen molar-refractivity contribution >= 4 is 46.0 Å². The number of rotatable bonds is 5. The van der Waals surface area contributed by atoms with Crippen molar-refractivity contribution < 1.29 is 9.59 Å². The third kappa shape index (κ3) is 3.71. The fourth-order valence-corrected chi connectivity index (χ4v) is 4.18. The maximum Gasteiger partial charge on any atom is 0.278 e. The normalized spacial score (nSPS) is 14.1. The van der Waals surface area contributed by atoms with E-state index >= 15 is 0 Å². The fraction of sp³-hybridized carbons (Fsp3) is 0.130. The standard InChI is InChI=1S/C23H19ClN2O2S/c1-14-8-10-16(11-9-14)13-26-22(27)20(19-7-4-12-29-19)21(23(26)28)25-18-6-3-5-17(24)15(18)2/h3-12,25H,13H2,1-2H3. The first-order valence-electron chi connectivity index (χ1n) is 9.17. The Morgan fingerprint density at radius 2 is 1.72 bits per heavy atom. The Labute approximate surface area is 178 Å². The number of benzene rings is 2. The number of carbonyl (C=O) groups is 2. The fourth-order valence-electron chi connectivity index (χ4n) is 3.24. The van der Waals surface area contributed by atoms with Crippen LogP contribution in [0.2, 0.25) is 5.02 Å². The predicted molar refractivity (Wildman–Crippen MR) is 118 cm³/mol. The second-order valence-corrected chi connectivity index (χ2v) is 8.30. The van der Waals surface area contributed by atoms with Gasteiger partial charge in [-0.05, 0) is 48.6 Å². The molecule has 2 heterocycles. The van der Waals surface area contributed by atoms with Crippen molar-refractivity contribution in [2.24, 2.45) is 0 Å². The molecular weight excluding hydrogens is 404 g/mol. The molecule has 4 nitrogen and oxygen atoms in total. The molecule has 2 aromatic carbocycles. The Bertz CT molecular complexity index is 1120. The van der Waals surface area contributed by atoms with Gasteiger partial charge in [0.25, 0.3) is 11.8 Å². The van der Waals surface area contributed by atoms with Gasteiger partial charge in [0.05, 0.1) is 12.1 Å². The van der Waals surface area contributed by atoms with Crippen LogP contribution in [0, 0.1) is 13.8 Å². The first-order valence-corrected chi connectivity index (χ1v) is 10.4. The number of carbonyl (C=O) groups excluding carboxylic acids is 2. The highest BCUT2D eigenvalue weighted by molar-refractivity contribution is 7.11. The summed E-state index contributed by atoms with van der Waals surface area (Å²) in [6.07, 6.45) is 0. The van der Waals surface area contributed by atoms with Gasteiger partial charge in [0.1, 0.15) is 5.70 Å². The summed E-state index contributed by atoms with van der Waals surface area (Å²) in [5, 5.41) is 5.68. The molecule has 3 aromatic rings. The maximum absolute atomic E-state index is 13.2. The van der Waals surface area contributed by atoms with E-state index in [9.17, 15) is 9.59 Å². The molecule has 4 rings (SSSR count). The van der Waals surface area contributed by atoms with E-state index in [4.69, 9.17) is 11.6 Å². The second kappa shape index (κ2) is 7.85. The highest BCUT2D eigenvalue weighted by atomic mass is 35.5. The molecule has 1 aliphatic rings. The van der Waals surface area contributed by atoms with Crippen LogP contribution >= 0.6 is 22.9 Å². The van der Waals surface area contributed by atoms with Gasteiger partial charge in [-0.15, -0.1) is 11.3 Å². The van der Waals surface area contributed by atoms with Crippen molar-refractivity contribution in [1.29, 1.82) is 0 Å². The number of nitrogens with one attached hydrogen (secondary N) is 1. The topological polar surface area (TPSA) is 49.4 Å². The van der Waals surface area contributed by atoms with Gasteiger partial charge in [-0.1, -0.05) is 53.6 Å². The smallest absolute Gasteiger partial charge is 0.278 e. The minimum absolute atomic E-state index is 0.229. The maximum atomic E-state index is 13.2. The highest BCUT2D eigenvalue weighted by Crippen LogP contribution is 2.35. The van der Waals surface area contributed by atoms with Crippen LogP contribution in [0.1, 0.15) is 21.6 Å². The van der Waals surface area contributed by atoms with Crippen LogP contribution in [0.25, 0.3) is 5.57 Å². The third-order valence-corrected chi connectivity index (χ3v) is 6.22. The van der Waals surface area contributed by atoms with Gasteiger partial charge in [0.2, 0.25) is 0 Å². The van der Waals surface area contributed by atoms with Crippen molar-refractivity contribution in [3.05, 3.63) is 92.3 Å². The van der Waals surface area contributed by atoms with Gasteiger partial charge in [-0.25, -0.2) is 0 Å². The van der Waals surface area contributed by atoms with E-state index in [1.54, 1.807) is 6.07 Å². The summed E-state index contributed by atoms with van der Waals surface area (Å²) < 4.78 is 0. The van der Waals surface area contributed by atoms with Crippen LogP contribution in [-0.2, 0) is 16.1 Å². The Balaban J connectivity index is 1.72. The lowest BCUT2D eigenvalue weighted by molar-refractivity contribution is -0.137. The first kappa shape index (κ1) is 19.4. The van der Waals surface area contributed by atoms with Gasteiger partial charge in [-0.3, -0.25) is 14.5 Å². The molecule has 29 heavy (non-hydrogen) atoms. The average molecular weight is 423 g/mol. The molecule has 2 amide bonds. The molecule has 0 atom stereocenters. The number of imide groups is 1. The molecule has 1 N–H and O–H groups in total. The molecule has 0 unspecified atom stereocenters. The lowest BCUT2D eigenvalue weighted by Gasteiger charge is -2.16. The summed E-state index contributed by atoms with van der Waals surface area (Å²) in [5.74, 6) is -0.626. The number of anilines is 1. The number of halogens is 1. The predicted octanol–water partition coefficient (Wildman–Crippen LogP) is 5.41. The van der Waals surface area contributed by atoms with E-state index in [0.717, 1.165) is 21.6 Å².